The zero-order valence-corrected chi connectivity index (χ0v) is 6.64. The van der Waals surface area contributed by atoms with Crippen LogP contribution in [0.1, 0.15) is 19.8 Å². The predicted octanol–water partition coefficient (Wildman–Crippen LogP) is 1.35. The Morgan fingerprint density at radius 1 is 1.70 bits per heavy atom. The first-order valence-corrected chi connectivity index (χ1v) is 3.98. The number of hydrogen-bond acceptors (Lipinski definition) is 1. The third-order valence-electron chi connectivity index (χ3n) is 2.08. The molecule has 1 rings (SSSR count). The van der Waals surface area contributed by atoms with Gasteiger partial charge in [0.2, 0.25) is 0 Å². The Kier molecular flexibility index (Phi) is 2.77. The van der Waals surface area contributed by atoms with Crippen LogP contribution in [-0.4, -0.2) is 24.5 Å². The van der Waals surface area contributed by atoms with Crippen LogP contribution in [0.5, 0.6) is 0 Å². The van der Waals surface area contributed by atoms with E-state index in [-0.39, 0.29) is 0 Å². The van der Waals surface area contributed by atoms with Crippen LogP contribution in [0.25, 0.3) is 0 Å². The second-order valence-electron chi connectivity index (χ2n) is 3.15. The van der Waals surface area contributed by atoms with E-state index in [1.807, 2.05) is 0 Å². The van der Waals surface area contributed by atoms with Crippen molar-refractivity contribution in [1.82, 2.24) is 4.90 Å². The van der Waals surface area contributed by atoms with E-state index in [0.29, 0.717) is 0 Å². The van der Waals surface area contributed by atoms with Crippen LogP contribution >= 0.6 is 0 Å². The summed E-state index contributed by atoms with van der Waals surface area (Å²) in [6, 6.07) is 0. The lowest BCUT2D eigenvalue weighted by atomic mass is 10.2. The average Bonchev–Trinajstić information content (AvgIpc) is 2.31. The molecule has 0 N–H and O–H groups in total. The summed E-state index contributed by atoms with van der Waals surface area (Å²) in [6.45, 7) is 5.90. The fourth-order valence-electron chi connectivity index (χ4n) is 1.45. The van der Waals surface area contributed by atoms with E-state index in [1.54, 1.807) is 0 Å². The number of nitrogens with zero attached hydrogens (tertiary/aromatic N) is 1. The average molecular weight is 137 g/mol. The normalized spacial score (nSPS) is 26.6. The van der Waals surface area contributed by atoms with Gasteiger partial charge in [0.05, 0.1) is 0 Å². The Balaban J connectivity index is 2.14. The summed E-state index contributed by atoms with van der Waals surface area (Å²) >= 11 is 0. The molecule has 0 radical (unpaired) electrons. The van der Waals surface area contributed by atoms with Crippen molar-refractivity contribution < 1.29 is 0 Å². The third-order valence-corrected chi connectivity index (χ3v) is 2.08. The minimum absolute atomic E-state index is 0.887. The zero-order chi connectivity index (χ0) is 7.40. The molecule has 0 aromatic heterocycles. The van der Waals surface area contributed by atoms with Crippen LogP contribution in [0, 0.1) is 18.3 Å². The van der Waals surface area contributed by atoms with Crippen molar-refractivity contribution in [2.24, 2.45) is 5.92 Å². The van der Waals surface area contributed by atoms with E-state index >= 15 is 0 Å². The number of hydrogen-bond donors (Lipinski definition) is 0. The van der Waals surface area contributed by atoms with Gasteiger partial charge in [-0.25, -0.2) is 0 Å². The summed E-state index contributed by atoms with van der Waals surface area (Å²) in [5.41, 5.74) is 0. The van der Waals surface area contributed by atoms with Gasteiger partial charge in [-0.1, -0.05) is 6.92 Å². The monoisotopic (exact) mass is 137 g/mol. The topological polar surface area (TPSA) is 3.24 Å². The molecule has 1 fully saturated rings. The number of terminal acetylenes is 1. The lowest BCUT2D eigenvalue weighted by Crippen LogP contribution is -2.20. The van der Waals surface area contributed by atoms with E-state index in [4.69, 9.17) is 6.42 Å². The van der Waals surface area contributed by atoms with Crippen LogP contribution in [0.4, 0.5) is 0 Å². The SMILES string of the molecule is C#CCCN1CCC(C)C1. The summed E-state index contributed by atoms with van der Waals surface area (Å²) in [5.74, 6) is 3.55. The molecular weight excluding hydrogens is 122 g/mol. The second kappa shape index (κ2) is 3.63. The first-order valence-electron chi connectivity index (χ1n) is 3.98. The summed E-state index contributed by atoms with van der Waals surface area (Å²) < 4.78 is 0. The van der Waals surface area contributed by atoms with Gasteiger partial charge < -0.3 is 4.90 Å². The molecule has 0 aromatic rings. The molecule has 1 aliphatic heterocycles. The molecule has 10 heavy (non-hydrogen) atoms. The first kappa shape index (κ1) is 7.63. The highest BCUT2D eigenvalue weighted by atomic mass is 15.1. The van der Waals surface area contributed by atoms with Crippen molar-refractivity contribution in [3.8, 4) is 12.3 Å². The molecule has 1 heterocycles. The van der Waals surface area contributed by atoms with Crippen LogP contribution in [-0.2, 0) is 0 Å². The van der Waals surface area contributed by atoms with Crippen LogP contribution in [0.3, 0.4) is 0 Å². The Labute approximate surface area is 63.4 Å². The Morgan fingerprint density at radius 2 is 2.50 bits per heavy atom. The molecule has 0 bridgehead atoms. The highest BCUT2D eigenvalue weighted by molar-refractivity contribution is 4.86. The molecule has 1 saturated heterocycles. The minimum Gasteiger partial charge on any atom is -0.302 e. The van der Waals surface area contributed by atoms with Crippen LogP contribution in [0.15, 0.2) is 0 Å². The van der Waals surface area contributed by atoms with E-state index in [1.165, 1.54) is 19.5 Å². The van der Waals surface area contributed by atoms with Crippen LogP contribution in [0.2, 0.25) is 0 Å². The molecule has 0 aliphatic carbocycles. The molecule has 1 nitrogen and oxygen atoms in total. The molecule has 0 saturated carbocycles. The number of likely N-dealkylation sites (tertiary alicyclic amines) is 1. The number of rotatable bonds is 2. The zero-order valence-electron chi connectivity index (χ0n) is 6.64. The highest BCUT2D eigenvalue weighted by Crippen LogP contribution is 2.14. The summed E-state index contributed by atoms with van der Waals surface area (Å²) in [4.78, 5) is 2.45. The molecule has 1 unspecified atom stereocenters. The summed E-state index contributed by atoms with van der Waals surface area (Å²) in [6.07, 6.45) is 7.43. The largest absolute Gasteiger partial charge is 0.302 e. The molecule has 0 spiro atoms. The molecule has 1 heteroatoms. The Hall–Kier alpha value is -0.480. The molecule has 0 aromatic carbocycles. The van der Waals surface area contributed by atoms with E-state index in [0.717, 1.165) is 18.9 Å². The van der Waals surface area contributed by atoms with Gasteiger partial charge in [-0.15, -0.1) is 12.3 Å². The van der Waals surface area contributed by atoms with Gasteiger partial charge in [-0.05, 0) is 18.9 Å². The first-order chi connectivity index (χ1) is 4.83. The standard InChI is InChI=1S/C9H15N/c1-3-4-6-10-7-5-9(2)8-10/h1,9H,4-8H2,2H3. The second-order valence-corrected chi connectivity index (χ2v) is 3.15. The highest BCUT2D eigenvalue weighted by Gasteiger charge is 2.16. The van der Waals surface area contributed by atoms with Crippen molar-refractivity contribution in [2.45, 2.75) is 19.8 Å². The maximum atomic E-state index is 5.16. The summed E-state index contributed by atoms with van der Waals surface area (Å²) in [5, 5.41) is 0. The Morgan fingerprint density at radius 3 is 3.00 bits per heavy atom. The minimum atomic E-state index is 0.887. The molecular formula is C9H15N. The van der Waals surface area contributed by atoms with Crippen molar-refractivity contribution in [2.75, 3.05) is 19.6 Å². The quantitative estimate of drug-likeness (QED) is 0.519. The van der Waals surface area contributed by atoms with Crippen molar-refractivity contribution in [3.05, 3.63) is 0 Å². The smallest absolute Gasteiger partial charge is 0.0214 e. The summed E-state index contributed by atoms with van der Waals surface area (Å²) in [7, 11) is 0. The molecule has 1 aliphatic rings. The van der Waals surface area contributed by atoms with Gasteiger partial charge in [0.15, 0.2) is 0 Å². The van der Waals surface area contributed by atoms with E-state index < -0.39 is 0 Å². The van der Waals surface area contributed by atoms with Crippen LogP contribution < -0.4 is 0 Å². The van der Waals surface area contributed by atoms with Gasteiger partial charge in [0.1, 0.15) is 0 Å². The fraction of sp³-hybridized carbons (Fsp3) is 0.778. The Bertz CT molecular complexity index is 134. The van der Waals surface area contributed by atoms with Gasteiger partial charge in [-0.2, -0.15) is 0 Å². The van der Waals surface area contributed by atoms with Gasteiger partial charge in [-0.3, -0.25) is 0 Å². The predicted molar refractivity (Wildman–Crippen MR) is 43.7 cm³/mol. The van der Waals surface area contributed by atoms with Gasteiger partial charge in [0.25, 0.3) is 0 Å². The lowest BCUT2D eigenvalue weighted by Gasteiger charge is -2.12. The van der Waals surface area contributed by atoms with Gasteiger partial charge >= 0.3 is 0 Å². The molecule has 0 amide bonds. The van der Waals surface area contributed by atoms with E-state index in [2.05, 4.69) is 17.7 Å². The van der Waals surface area contributed by atoms with Gasteiger partial charge in [0, 0.05) is 19.5 Å². The van der Waals surface area contributed by atoms with Crippen molar-refractivity contribution >= 4 is 0 Å². The third kappa shape index (κ3) is 2.04. The van der Waals surface area contributed by atoms with Crippen molar-refractivity contribution in [3.63, 3.8) is 0 Å². The maximum Gasteiger partial charge on any atom is 0.0214 e. The van der Waals surface area contributed by atoms with E-state index in [9.17, 15) is 0 Å². The molecule has 56 valence electrons. The van der Waals surface area contributed by atoms with Crippen molar-refractivity contribution in [1.29, 1.82) is 0 Å². The maximum absolute atomic E-state index is 5.16. The fourth-order valence-corrected chi connectivity index (χ4v) is 1.45. The molecule has 1 atom stereocenters. The lowest BCUT2D eigenvalue weighted by molar-refractivity contribution is 0.336.